The molecule has 3 aromatic rings. The first-order chi connectivity index (χ1) is 14.0. The third-order valence-corrected chi connectivity index (χ3v) is 5.43. The molecule has 148 valence electrons. The van der Waals surface area contributed by atoms with Gasteiger partial charge < -0.3 is 0 Å². The van der Waals surface area contributed by atoms with E-state index in [4.69, 9.17) is 0 Å². The number of hydrogen-bond acceptors (Lipinski definition) is 5. The van der Waals surface area contributed by atoms with E-state index >= 15 is 0 Å². The molecule has 1 atom stereocenters. The van der Waals surface area contributed by atoms with Crippen molar-refractivity contribution in [2.45, 2.75) is 38.0 Å². The van der Waals surface area contributed by atoms with Gasteiger partial charge >= 0.3 is 17.4 Å². The van der Waals surface area contributed by atoms with Crippen molar-refractivity contribution >= 4 is 23.4 Å². The van der Waals surface area contributed by atoms with Gasteiger partial charge in [0.2, 0.25) is 11.1 Å². The maximum absolute atomic E-state index is 13.2. The largest absolute Gasteiger partial charge is 0.325 e. The molecule has 3 heterocycles. The highest BCUT2D eigenvalue weighted by Gasteiger charge is 2.46. The van der Waals surface area contributed by atoms with E-state index in [0.29, 0.717) is 34.2 Å². The summed E-state index contributed by atoms with van der Waals surface area (Å²) in [7, 11) is 0. The molecule has 0 saturated carbocycles. The Hall–Kier alpha value is -3.00. The van der Waals surface area contributed by atoms with Gasteiger partial charge in [0.15, 0.2) is 0 Å². The number of aryl methyl sites for hydroxylation is 1. The fourth-order valence-corrected chi connectivity index (χ4v) is 4.01. The second-order valence-corrected chi connectivity index (χ2v) is 7.66. The lowest BCUT2D eigenvalue weighted by Crippen LogP contribution is -2.61. The van der Waals surface area contributed by atoms with E-state index in [-0.39, 0.29) is 11.5 Å². The van der Waals surface area contributed by atoms with Crippen molar-refractivity contribution in [3.05, 3.63) is 64.2 Å². The number of hydrogen-bond donors (Lipinski definition) is 1. The number of thioether (sulfide) groups is 1. The Labute approximate surface area is 172 Å². The number of carbonyl (C=O) groups is 1. The average Bonchev–Trinajstić information content (AvgIpc) is 2.72. The molecule has 1 aliphatic rings. The van der Waals surface area contributed by atoms with Crippen LogP contribution in [0.3, 0.4) is 0 Å². The van der Waals surface area contributed by atoms with Gasteiger partial charge in [-0.15, -0.1) is 0 Å². The van der Waals surface area contributed by atoms with E-state index in [1.807, 2.05) is 62.6 Å². The topological polar surface area (TPSA) is 82.8 Å². The summed E-state index contributed by atoms with van der Waals surface area (Å²) in [6.45, 7) is 3.88. The van der Waals surface area contributed by atoms with Gasteiger partial charge in [-0.3, -0.25) is 14.6 Å². The molecule has 1 aromatic carbocycles. The summed E-state index contributed by atoms with van der Waals surface area (Å²) in [5.74, 6) is -0.0285. The fourth-order valence-electron chi connectivity index (χ4n) is 3.64. The van der Waals surface area contributed by atoms with Crippen LogP contribution in [0.4, 0.5) is 5.69 Å². The summed E-state index contributed by atoms with van der Waals surface area (Å²) in [5.41, 5.74) is 3.07. The van der Waals surface area contributed by atoms with Crippen molar-refractivity contribution in [3.63, 3.8) is 0 Å². The van der Waals surface area contributed by atoms with E-state index in [0.717, 1.165) is 12.1 Å². The number of pyridine rings is 1. The maximum Gasteiger partial charge on any atom is 0.325 e. The van der Waals surface area contributed by atoms with Gasteiger partial charge in [0.25, 0.3) is 0 Å². The first-order valence-corrected chi connectivity index (χ1v) is 10.7. The quantitative estimate of drug-likeness (QED) is 0.530. The molecule has 0 fully saturated rings. The normalized spacial score (nSPS) is 15.0. The van der Waals surface area contributed by atoms with Gasteiger partial charge in [-0.25, -0.2) is 9.88 Å². The Morgan fingerprint density at radius 2 is 2.03 bits per heavy atom. The van der Waals surface area contributed by atoms with Crippen LogP contribution >= 0.6 is 11.8 Å². The van der Waals surface area contributed by atoms with Crippen LogP contribution in [0.15, 0.2) is 52.4 Å². The van der Waals surface area contributed by atoms with E-state index in [9.17, 15) is 9.59 Å². The van der Waals surface area contributed by atoms with Gasteiger partial charge in [0.05, 0.1) is 11.3 Å². The monoisotopic (exact) mass is 408 g/mol. The molecule has 7 nitrogen and oxygen atoms in total. The number of nitrogens with one attached hydrogen (secondary N) is 1. The van der Waals surface area contributed by atoms with Crippen LogP contribution in [0, 0.1) is 6.92 Å². The van der Waals surface area contributed by atoms with Crippen LogP contribution in [-0.4, -0.2) is 27.2 Å². The third kappa shape index (κ3) is 3.33. The number of rotatable bonds is 4. The van der Waals surface area contributed by atoms with Crippen molar-refractivity contribution in [3.8, 4) is 11.3 Å². The van der Waals surface area contributed by atoms with Crippen LogP contribution in [0.1, 0.15) is 37.3 Å². The van der Waals surface area contributed by atoms with Crippen LogP contribution in [0.5, 0.6) is 0 Å². The van der Waals surface area contributed by atoms with Crippen LogP contribution in [-0.2, 0) is 4.79 Å². The highest BCUT2D eigenvalue weighted by Crippen LogP contribution is 2.37. The number of anilines is 1. The lowest BCUT2D eigenvalue weighted by Gasteiger charge is -2.31. The second kappa shape index (κ2) is 7.79. The summed E-state index contributed by atoms with van der Waals surface area (Å²) in [6.07, 6.45) is 2.33. The summed E-state index contributed by atoms with van der Waals surface area (Å²) in [5, 5.41) is 5.15. The summed E-state index contributed by atoms with van der Waals surface area (Å²) < 4.78 is 1.64. The van der Waals surface area contributed by atoms with Crippen molar-refractivity contribution < 1.29 is 9.48 Å². The SMILES string of the molecule is CCCC(=O)N1c2ccccc2-c2c(=O)[nH]c(SC)n[n+]2C1c1cccc(C)n1. The molecule has 0 bridgehead atoms. The standard InChI is InChI=1S/C21H21N5O2S/c1-4-8-17(27)25-16-12-6-5-10-14(16)18-19(28)23-21(29-3)24-26(18)20(25)15-11-7-9-13(2)22-15/h5-7,9-12,20H,4,8H2,1-3H3/p+1. The summed E-state index contributed by atoms with van der Waals surface area (Å²) in [6, 6.07) is 13.1. The van der Waals surface area contributed by atoms with Gasteiger partial charge in [-0.2, -0.15) is 0 Å². The van der Waals surface area contributed by atoms with Crippen molar-refractivity contribution in [1.29, 1.82) is 0 Å². The maximum atomic E-state index is 13.2. The van der Waals surface area contributed by atoms with Crippen molar-refractivity contribution in [2.24, 2.45) is 0 Å². The number of nitrogens with zero attached hydrogens (tertiary/aromatic N) is 4. The zero-order chi connectivity index (χ0) is 20.5. The van der Waals surface area contributed by atoms with E-state index in [2.05, 4.69) is 15.1 Å². The van der Waals surface area contributed by atoms with E-state index < -0.39 is 6.17 Å². The van der Waals surface area contributed by atoms with Gasteiger partial charge in [-0.1, -0.05) is 36.9 Å². The van der Waals surface area contributed by atoms with Crippen LogP contribution in [0.2, 0.25) is 0 Å². The molecular weight excluding hydrogens is 386 g/mol. The lowest BCUT2D eigenvalue weighted by atomic mass is 10.0. The highest BCUT2D eigenvalue weighted by molar-refractivity contribution is 7.98. The number of benzene rings is 1. The minimum absolute atomic E-state index is 0.0285. The molecule has 4 rings (SSSR count). The zero-order valence-electron chi connectivity index (χ0n) is 16.5. The highest BCUT2D eigenvalue weighted by atomic mass is 32.2. The predicted molar refractivity (Wildman–Crippen MR) is 112 cm³/mol. The Bertz CT molecular complexity index is 1140. The Morgan fingerprint density at radius 3 is 2.76 bits per heavy atom. The fraction of sp³-hybridized carbons (Fsp3) is 0.286. The molecule has 0 saturated heterocycles. The number of para-hydroxylation sites is 1. The molecule has 0 aliphatic carbocycles. The molecular formula is C21H22N5O2S+. The van der Waals surface area contributed by atoms with Crippen LogP contribution < -0.4 is 15.1 Å². The third-order valence-electron chi connectivity index (χ3n) is 4.86. The molecule has 1 N–H and O–H groups in total. The van der Waals surface area contributed by atoms with E-state index in [1.54, 1.807) is 9.58 Å². The second-order valence-electron chi connectivity index (χ2n) is 6.86. The smallest absolute Gasteiger partial charge is 0.291 e. The van der Waals surface area contributed by atoms with Crippen molar-refractivity contribution in [1.82, 2.24) is 15.1 Å². The molecule has 1 aliphatic heterocycles. The Kier molecular flexibility index (Phi) is 5.19. The molecule has 1 unspecified atom stereocenters. The average molecular weight is 409 g/mol. The first kappa shape index (κ1) is 19.3. The van der Waals surface area contributed by atoms with Gasteiger partial charge in [-0.05, 0) is 48.5 Å². The molecule has 0 spiro atoms. The minimum Gasteiger partial charge on any atom is -0.291 e. The number of fused-ring (bicyclic) bond motifs is 3. The molecule has 2 aromatic heterocycles. The molecule has 29 heavy (non-hydrogen) atoms. The molecule has 8 heteroatoms. The lowest BCUT2D eigenvalue weighted by molar-refractivity contribution is -0.763. The molecule has 1 amide bonds. The predicted octanol–water partition coefficient (Wildman–Crippen LogP) is 2.84. The Morgan fingerprint density at radius 1 is 1.24 bits per heavy atom. The minimum atomic E-state index is -0.632. The number of H-pyrrole nitrogens is 1. The van der Waals surface area contributed by atoms with Gasteiger partial charge in [0, 0.05) is 17.2 Å². The number of amides is 1. The van der Waals surface area contributed by atoms with Crippen molar-refractivity contribution in [2.75, 3.05) is 11.2 Å². The van der Waals surface area contributed by atoms with Crippen LogP contribution in [0.25, 0.3) is 11.3 Å². The summed E-state index contributed by atoms with van der Waals surface area (Å²) >= 11 is 1.35. The van der Waals surface area contributed by atoms with E-state index in [1.165, 1.54) is 11.8 Å². The molecule has 0 radical (unpaired) electrons. The summed E-state index contributed by atoms with van der Waals surface area (Å²) in [4.78, 5) is 35.5. The first-order valence-electron chi connectivity index (χ1n) is 9.50. The Balaban J connectivity index is 2.07. The number of carbonyl (C=O) groups excluding carboxylic acids is 1. The number of aromatic amines is 1. The van der Waals surface area contributed by atoms with Gasteiger partial charge in [0.1, 0.15) is 5.69 Å². The zero-order valence-corrected chi connectivity index (χ0v) is 17.4. The number of aromatic nitrogens is 4.